The van der Waals surface area contributed by atoms with E-state index in [1.807, 2.05) is 0 Å². The lowest BCUT2D eigenvalue weighted by atomic mass is 10.3. The molecule has 0 aromatic heterocycles. The fourth-order valence-electron chi connectivity index (χ4n) is 1.61. The second-order valence-corrected chi connectivity index (χ2v) is 3.03. The summed E-state index contributed by atoms with van der Waals surface area (Å²) in [7, 11) is 0. The van der Waals surface area contributed by atoms with Gasteiger partial charge < -0.3 is 0 Å². The molecule has 0 atom stereocenters. The molecule has 2 rings (SSSR count). The van der Waals surface area contributed by atoms with E-state index in [1.165, 1.54) is 31.6 Å². The molecular weight excluding hydrogens is 134 g/mol. The van der Waals surface area contributed by atoms with E-state index in [9.17, 15) is 0 Å². The Morgan fingerprint density at radius 3 is 2.18 bits per heavy atom. The second kappa shape index (κ2) is 3.05. The molecule has 1 fully saturated rings. The smallest absolute Gasteiger partial charge is 0.134 e. The summed E-state index contributed by atoms with van der Waals surface area (Å²) in [5, 5.41) is 0. The van der Waals surface area contributed by atoms with Crippen LogP contribution >= 0.6 is 0 Å². The average Bonchev–Trinajstić information content (AvgIpc) is 2.58. The van der Waals surface area contributed by atoms with Gasteiger partial charge in [-0.3, -0.25) is 0 Å². The molecule has 11 heavy (non-hydrogen) atoms. The summed E-state index contributed by atoms with van der Waals surface area (Å²) < 4.78 is 0. The highest BCUT2D eigenvalue weighted by Gasteiger charge is 2.22. The van der Waals surface area contributed by atoms with E-state index < -0.39 is 0 Å². The Labute approximate surface area is 67.6 Å². The summed E-state index contributed by atoms with van der Waals surface area (Å²) in [6.07, 6.45) is 2.71. The van der Waals surface area contributed by atoms with Crippen LogP contribution in [0.15, 0.2) is 30.3 Å². The summed E-state index contributed by atoms with van der Waals surface area (Å²) in [6, 6.07) is 10.7. The van der Waals surface area contributed by atoms with Crippen molar-refractivity contribution in [2.24, 2.45) is 0 Å². The summed E-state index contributed by atoms with van der Waals surface area (Å²) in [5.74, 6) is 0. The van der Waals surface area contributed by atoms with Gasteiger partial charge in [-0.25, -0.2) is 0 Å². The van der Waals surface area contributed by atoms with Crippen molar-refractivity contribution in [2.75, 3.05) is 13.1 Å². The molecule has 1 nitrogen and oxygen atoms in total. The van der Waals surface area contributed by atoms with Crippen molar-refractivity contribution in [2.45, 2.75) is 12.8 Å². The minimum absolute atomic E-state index is 1.24. The number of rotatable bonds is 1. The minimum atomic E-state index is 1.24. The molecule has 0 bridgehead atoms. The topological polar surface area (TPSA) is 5.90 Å². The number of para-hydroxylation sites is 1. The number of hydrogen-bond acceptors (Lipinski definition) is 1. The van der Waals surface area contributed by atoms with Crippen LogP contribution in [-0.4, -0.2) is 13.1 Å². The first-order valence-corrected chi connectivity index (χ1v) is 4.27. The maximum Gasteiger partial charge on any atom is 0.180 e. The molecule has 0 spiro atoms. The van der Waals surface area contributed by atoms with Gasteiger partial charge in [-0.1, -0.05) is 18.2 Å². The fraction of sp³-hybridized carbons (Fsp3) is 0.400. The van der Waals surface area contributed by atoms with Gasteiger partial charge in [-0.2, -0.15) is 0 Å². The van der Waals surface area contributed by atoms with Crippen molar-refractivity contribution in [3.05, 3.63) is 30.3 Å². The molecule has 0 aliphatic carbocycles. The van der Waals surface area contributed by atoms with E-state index in [2.05, 4.69) is 35.2 Å². The van der Waals surface area contributed by atoms with Crippen molar-refractivity contribution in [3.8, 4) is 0 Å². The van der Waals surface area contributed by atoms with Crippen LogP contribution in [0, 0.1) is 0 Å². The molecule has 1 heteroatoms. The Morgan fingerprint density at radius 1 is 0.909 bits per heavy atom. The number of hydrogen-bond donors (Lipinski definition) is 0. The van der Waals surface area contributed by atoms with Crippen molar-refractivity contribution >= 4 is 5.69 Å². The molecular formula is C10H13N+. The van der Waals surface area contributed by atoms with Gasteiger partial charge in [-0.15, -0.1) is 4.90 Å². The SMILES string of the molecule is c1ccc([N+]2CCCC2)cc1. The first-order chi connectivity index (χ1) is 5.47. The van der Waals surface area contributed by atoms with Crippen LogP contribution in [0.1, 0.15) is 12.8 Å². The lowest BCUT2D eigenvalue weighted by Crippen LogP contribution is -2.18. The Bertz CT molecular complexity index is 212. The van der Waals surface area contributed by atoms with Crippen LogP contribution in [0.4, 0.5) is 5.69 Å². The minimum Gasteiger partial charge on any atom is -0.134 e. The van der Waals surface area contributed by atoms with E-state index in [4.69, 9.17) is 0 Å². The Balaban J connectivity index is 2.16. The van der Waals surface area contributed by atoms with E-state index in [1.54, 1.807) is 0 Å². The van der Waals surface area contributed by atoms with Gasteiger partial charge in [0.15, 0.2) is 5.69 Å². The van der Waals surface area contributed by atoms with E-state index in [-0.39, 0.29) is 0 Å². The van der Waals surface area contributed by atoms with Crippen LogP contribution < -0.4 is 4.90 Å². The van der Waals surface area contributed by atoms with Gasteiger partial charge in [-0.05, 0) is 0 Å². The van der Waals surface area contributed by atoms with Crippen LogP contribution in [0.25, 0.3) is 0 Å². The average molecular weight is 147 g/mol. The Kier molecular flexibility index (Phi) is 1.91. The summed E-state index contributed by atoms with van der Waals surface area (Å²) in [6.45, 7) is 2.48. The van der Waals surface area contributed by atoms with Crippen molar-refractivity contribution < 1.29 is 0 Å². The lowest BCUT2D eigenvalue weighted by Gasteiger charge is -2.01. The molecule has 1 radical (unpaired) electrons. The van der Waals surface area contributed by atoms with Gasteiger partial charge in [0, 0.05) is 25.0 Å². The molecule has 57 valence electrons. The third-order valence-corrected chi connectivity index (χ3v) is 2.23. The fourth-order valence-corrected chi connectivity index (χ4v) is 1.61. The first kappa shape index (κ1) is 6.86. The molecule has 1 aromatic carbocycles. The zero-order valence-electron chi connectivity index (χ0n) is 6.66. The largest absolute Gasteiger partial charge is 0.180 e. The summed E-state index contributed by atoms with van der Waals surface area (Å²) in [4.78, 5) is 2.44. The zero-order chi connectivity index (χ0) is 7.52. The van der Waals surface area contributed by atoms with Crippen LogP contribution in [-0.2, 0) is 0 Å². The number of nitrogens with zero attached hydrogens (tertiary/aromatic N) is 1. The first-order valence-electron chi connectivity index (χ1n) is 4.27. The number of anilines is 1. The molecule has 1 aliphatic rings. The zero-order valence-corrected chi connectivity index (χ0v) is 6.66. The van der Waals surface area contributed by atoms with Crippen LogP contribution in [0.3, 0.4) is 0 Å². The highest BCUT2D eigenvalue weighted by molar-refractivity contribution is 5.38. The third-order valence-electron chi connectivity index (χ3n) is 2.23. The maximum absolute atomic E-state index is 2.44. The van der Waals surface area contributed by atoms with E-state index in [0.29, 0.717) is 0 Å². The summed E-state index contributed by atoms with van der Waals surface area (Å²) in [5.41, 5.74) is 1.38. The van der Waals surface area contributed by atoms with Crippen LogP contribution in [0.5, 0.6) is 0 Å². The van der Waals surface area contributed by atoms with Crippen molar-refractivity contribution in [3.63, 3.8) is 0 Å². The highest BCUT2D eigenvalue weighted by atomic mass is 15.1. The maximum atomic E-state index is 2.44. The monoisotopic (exact) mass is 147 g/mol. The Morgan fingerprint density at radius 2 is 1.55 bits per heavy atom. The van der Waals surface area contributed by atoms with E-state index >= 15 is 0 Å². The van der Waals surface area contributed by atoms with Gasteiger partial charge in [0.2, 0.25) is 0 Å². The van der Waals surface area contributed by atoms with Crippen molar-refractivity contribution in [1.82, 2.24) is 4.90 Å². The molecule has 0 amide bonds. The van der Waals surface area contributed by atoms with Gasteiger partial charge >= 0.3 is 0 Å². The van der Waals surface area contributed by atoms with Gasteiger partial charge in [0.05, 0.1) is 0 Å². The predicted octanol–water partition coefficient (Wildman–Crippen LogP) is 2.25. The second-order valence-electron chi connectivity index (χ2n) is 3.03. The normalized spacial score (nSPS) is 18.9. The standard InChI is InChI=1S/C10H13N/c1-2-6-10(7-3-1)11-8-4-5-9-11/h1-3,6-7H,4-5,8-9H2/q+1. The van der Waals surface area contributed by atoms with Crippen molar-refractivity contribution in [1.29, 1.82) is 0 Å². The predicted molar refractivity (Wildman–Crippen MR) is 47.2 cm³/mol. The molecule has 0 saturated carbocycles. The lowest BCUT2D eigenvalue weighted by molar-refractivity contribution is 0.647. The molecule has 0 N–H and O–H groups in total. The summed E-state index contributed by atoms with van der Waals surface area (Å²) >= 11 is 0. The van der Waals surface area contributed by atoms with Crippen LogP contribution in [0.2, 0.25) is 0 Å². The number of benzene rings is 1. The Hall–Kier alpha value is -0.820. The van der Waals surface area contributed by atoms with E-state index in [0.717, 1.165) is 0 Å². The third kappa shape index (κ3) is 1.43. The molecule has 1 aliphatic heterocycles. The highest BCUT2D eigenvalue weighted by Crippen LogP contribution is 2.17. The van der Waals surface area contributed by atoms with Gasteiger partial charge in [0.25, 0.3) is 0 Å². The molecule has 1 aromatic rings. The molecule has 1 saturated heterocycles. The quantitative estimate of drug-likeness (QED) is 0.537. The van der Waals surface area contributed by atoms with Gasteiger partial charge in [0.1, 0.15) is 13.1 Å². The molecule has 1 heterocycles. The molecule has 0 unspecified atom stereocenters.